The lowest BCUT2D eigenvalue weighted by molar-refractivity contribution is 0.306. The maximum Gasteiger partial charge on any atom is 0.119 e. The van der Waals surface area contributed by atoms with Crippen LogP contribution >= 0.6 is 0 Å². The Hall–Kier alpha value is -4.04. The molecule has 2 nitrogen and oxygen atoms in total. The summed E-state index contributed by atoms with van der Waals surface area (Å²) in [4.78, 5) is 0. The molecular formula is C31H27NO. The summed E-state index contributed by atoms with van der Waals surface area (Å²) in [5, 5.41) is 0. The molecule has 0 fully saturated rings. The molecule has 0 N–H and O–H groups in total. The summed E-state index contributed by atoms with van der Waals surface area (Å²) in [6.45, 7) is 3.59. The summed E-state index contributed by atoms with van der Waals surface area (Å²) in [6, 6.07) is 42.4. The van der Waals surface area contributed by atoms with Crippen LogP contribution in [0.1, 0.15) is 16.8 Å². The Morgan fingerprint density at radius 3 is 1.85 bits per heavy atom. The lowest BCUT2D eigenvalue weighted by Gasteiger charge is -2.13. The number of rotatable bonds is 7. The first-order valence-electron chi connectivity index (χ1n) is 11.3. The SMILES string of the molecule is Cc1ccc(-c2ccc(OCc3ccccc3)cc2)n1Cc1ccc(-c2ccccc2)cc1. The van der Waals surface area contributed by atoms with Crippen molar-refractivity contribution >= 4 is 0 Å². The summed E-state index contributed by atoms with van der Waals surface area (Å²) in [7, 11) is 0. The predicted molar refractivity (Wildman–Crippen MR) is 136 cm³/mol. The maximum atomic E-state index is 5.95. The van der Waals surface area contributed by atoms with E-state index in [1.54, 1.807) is 0 Å². The molecule has 0 bridgehead atoms. The molecule has 0 atom stereocenters. The van der Waals surface area contributed by atoms with Gasteiger partial charge in [0, 0.05) is 17.9 Å². The second-order valence-corrected chi connectivity index (χ2v) is 8.31. The Bertz CT molecular complexity index is 1300. The van der Waals surface area contributed by atoms with E-state index in [-0.39, 0.29) is 0 Å². The summed E-state index contributed by atoms with van der Waals surface area (Å²) < 4.78 is 8.33. The minimum Gasteiger partial charge on any atom is -0.489 e. The minimum atomic E-state index is 0.578. The molecule has 1 aromatic heterocycles. The Morgan fingerprint density at radius 1 is 0.545 bits per heavy atom. The Balaban J connectivity index is 1.31. The van der Waals surface area contributed by atoms with Crippen molar-refractivity contribution in [2.75, 3.05) is 0 Å². The van der Waals surface area contributed by atoms with Gasteiger partial charge in [-0.1, -0.05) is 84.9 Å². The first kappa shape index (κ1) is 20.8. The molecule has 162 valence electrons. The lowest BCUT2D eigenvalue weighted by Crippen LogP contribution is -2.03. The summed E-state index contributed by atoms with van der Waals surface area (Å²) >= 11 is 0. The number of benzene rings is 4. The largest absolute Gasteiger partial charge is 0.489 e. The van der Waals surface area contributed by atoms with Gasteiger partial charge in [-0.25, -0.2) is 0 Å². The number of aromatic nitrogens is 1. The fraction of sp³-hybridized carbons (Fsp3) is 0.0968. The molecule has 5 aromatic rings. The van der Waals surface area contributed by atoms with Gasteiger partial charge < -0.3 is 9.30 Å². The van der Waals surface area contributed by atoms with Crippen molar-refractivity contribution in [3.05, 3.63) is 138 Å². The molecule has 0 aliphatic heterocycles. The van der Waals surface area contributed by atoms with Crippen LogP contribution in [0.2, 0.25) is 0 Å². The van der Waals surface area contributed by atoms with Crippen LogP contribution in [0.3, 0.4) is 0 Å². The molecule has 0 radical (unpaired) electrons. The van der Waals surface area contributed by atoms with Crippen molar-refractivity contribution < 1.29 is 4.74 Å². The molecule has 0 aliphatic rings. The molecule has 0 saturated carbocycles. The van der Waals surface area contributed by atoms with Crippen molar-refractivity contribution in [3.8, 4) is 28.1 Å². The highest BCUT2D eigenvalue weighted by Gasteiger charge is 2.09. The second kappa shape index (κ2) is 9.62. The topological polar surface area (TPSA) is 14.2 Å². The quantitative estimate of drug-likeness (QED) is 0.258. The normalized spacial score (nSPS) is 10.8. The summed E-state index contributed by atoms with van der Waals surface area (Å²) in [5.41, 5.74) is 8.61. The zero-order valence-corrected chi connectivity index (χ0v) is 18.8. The highest BCUT2D eigenvalue weighted by molar-refractivity contribution is 5.64. The number of hydrogen-bond donors (Lipinski definition) is 0. The van der Waals surface area contributed by atoms with Gasteiger partial charge in [0.2, 0.25) is 0 Å². The van der Waals surface area contributed by atoms with Crippen LogP contribution in [0.4, 0.5) is 0 Å². The van der Waals surface area contributed by atoms with E-state index in [1.165, 1.54) is 39.2 Å². The number of ether oxygens (including phenoxy) is 1. The minimum absolute atomic E-state index is 0.578. The van der Waals surface area contributed by atoms with E-state index in [0.717, 1.165) is 12.3 Å². The van der Waals surface area contributed by atoms with E-state index in [4.69, 9.17) is 4.74 Å². The zero-order valence-electron chi connectivity index (χ0n) is 18.8. The molecule has 0 aliphatic carbocycles. The molecule has 0 unspecified atom stereocenters. The second-order valence-electron chi connectivity index (χ2n) is 8.31. The summed E-state index contributed by atoms with van der Waals surface area (Å²) in [6.07, 6.45) is 0. The molecule has 4 aromatic carbocycles. The molecule has 2 heteroatoms. The Morgan fingerprint density at radius 2 is 1.15 bits per heavy atom. The van der Waals surface area contributed by atoms with Gasteiger partial charge in [-0.05, 0) is 71.1 Å². The Labute approximate surface area is 195 Å². The maximum absolute atomic E-state index is 5.95. The third kappa shape index (κ3) is 4.91. The highest BCUT2D eigenvalue weighted by Crippen LogP contribution is 2.27. The highest BCUT2D eigenvalue weighted by atomic mass is 16.5. The van der Waals surface area contributed by atoms with Gasteiger partial charge in [-0.3, -0.25) is 0 Å². The standard InChI is InChI=1S/C31H27NO/c1-24-12-21-31(29-17-19-30(20-18-29)33-23-26-8-4-2-5-9-26)32(24)22-25-13-15-28(16-14-25)27-10-6-3-7-11-27/h2-21H,22-23H2,1H3. The third-order valence-electron chi connectivity index (χ3n) is 6.00. The van der Waals surface area contributed by atoms with E-state index in [0.29, 0.717) is 6.61 Å². The lowest BCUT2D eigenvalue weighted by atomic mass is 10.0. The van der Waals surface area contributed by atoms with E-state index in [9.17, 15) is 0 Å². The van der Waals surface area contributed by atoms with Crippen molar-refractivity contribution in [2.45, 2.75) is 20.1 Å². The average Bonchev–Trinajstić information content (AvgIpc) is 3.24. The van der Waals surface area contributed by atoms with Crippen LogP contribution in [0.5, 0.6) is 5.75 Å². The van der Waals surface area contributed by atoms with Crippen LogP contribution in [0.15, 0.2) is 121 Å². The third-order valence-corrected chi connectivity index (χ3v) is 6.00. The van der Waals surface area contributed by atoms with Gasteiger partial charge in [0.25, 0.3) is 0 Å². The van der Waals surface area contributed by atoms with Crippen LogP contribution in [-0.2, 0) is 13.2 Å². The fourth-order valence-corrected chi connectivity index (χ4v) is 4.11. The fourth-order valence-electron chi connectivity index (χ4n) is 4.11. The summed E-state index contributed by atoms with van der Waals surface area (Å²) in [5.74, 6) is 0.883. The first-order chi connectivity index (χ1) is 16.3. The van der Waals surface area contributed by atoms with Crippen molar-refractivity contribution in [1.82, 2.24) is 4.57 Å². The smallest absolute Gasteiger partial charge is 0.119 e. The number of aryl methyl sites for hydroxylation is 1. The number of nitrogens with zero attached hydrogens (tertiary/aromatic N) is 1. The van der Waals surface area contributed by atoms with E-state index < -0.39 is 0 Å². The van der Waals surface area contributed by atoms with Gasteiger partial charge in [0.05, 0.1) is 0 Å². The van der Waals surface area contributed by atoms with Crippen LogP contribution in [0.25, 0.3) is 22.4 Å². The van der Waals surface area contributed by atoms with Crippen LogP contribution in [-0.4, -0.2) is 4.57 Å². The van der Waals surface area contributed by atoms with Gasteiger partial charge in [0.1, 0.15) is 12.4 Å². The van der Waals surface area contributed by atoms with Crippen molar-refractivity contribution in [1.29, 1.82) is 0 Å². The molecular weight excluding hydrogens is 402 g/mol. The molecule has 5 rings (SSSR count). The van der Waals surface area contributed by atoms with Gasteiger partial charge in [0.15, 0.2) is 0 Å². The van der Waals surface area contributed by atoms with Crippen molar-refractivity contribution in [3.63, 3.8) is 0 Å². The molecule has 0 saturated heterocycles. The molecule has 1 heterocycles. The monoisotopic (exact) mass is 429 g/mol. The first-order valence-corrected chi connectivity index (χ1v) is 11.3. The van der Waals surface area contributed by atoms with Crippen LogP contribution < -0.4 is 4.74 Å². The number of hydrogen-bond acceptors (Lipinski definition) is 1. The van der Waals surface area contributed by atoms with Crippen molar-refractivity contribution in [2.24, 2.45) is 0 Å². The van der Waals surface area contributed by atoms with Crippen LogP contribution in [0, 0.1) is 6.92 Å². The molecule has 0 amide bonds. The molecule has 0 spiro atoms. The Kier molecular flexibility index (Phi) is 6.08. The zero-order chi connectivity index (χ0) is 22.5. The van der Waals surface area contributed by atoms with E-state index in [1.807, 2.05) is 18.2 Å². The van der Waals surface area contributed by atoms with E-state index >= 15 is 0 Å². The van der Waals surface area contributed by atoms with E-state index in [2.05, 4.69) is 115 Å². The van der Waals surface area contributed by atoms with Gasteiger partial charge in [-0.2, -0.15) is 0 Å². The average molecular weight is 430 g/mol. The molecule has 33 heavy (non-hydrogen) atoms. The van der Waals surface area contributed by atoms with Gasteiger partial charge >= 0.3 is 0 Å². The predicted octanol–water partition coefficient (Wildman–Crippen LogP) is 7.76. The van der Waals surface area contributed by atoms with Gasteiger partial charge in [-0.15, -0.1) is 0 Å².